The molecule has 2 N–H and O–H groups in total. The topological polar surface area (TPSA) is 50.1 Å². The van der Waals surface area contributed by atoms with E-state index in [2.05, 4.69) is 30.5 Å². The molecule has 4 nitrogen and oxygen atoms in total. The summed E-state index contributed by atoms with van der Waals surface area (Å²) >= 11 is 0. The van der Waals surface area contributed by atoms with Crippen molar-refractivity contribution >= 4 is 0 Å². The first-order valence-corrected chi connectivity index (χ1v) is 5.48. The van der Waals surface area contributed by atoms with Gasteiger partial charge in [0.2, 0.25) is 0 Å². The quantitative estimate of drug-likeness (QED) is 0.738. The molecule has 15 heavy (non-hydrogen) atoms. The van der Waals surface area contributed by atoms with Gasteiger partial charge in [-0.25, -0.2) is 0 Å². The Kier molecular flexibility index (Phi) is 4.78. The third kappa shape index (κ3) is 4.95. The van der Waals surface area contributed by atoms with Gasteiger partial charge in [0.05, 0.1) is 12.3 Å². The molecule has 1 aromatic rings. The second kappa shape index (κ2) is 5.88. The Balaban J connectivity index is 2.33. The highest BCUT2D eigenvalue weighted by atomic mass is 16.3. The van der Waals surface area contributed by atoms with Gasteiger partial charge in [-0.2, -0.15) is 5.10 Å². The van der Waals surface area contributed by atoms with Crippen LogP contribution in [-0.4, -0.2) is 27.5 Å². The fourth-order valence-corrected chi connectivity index (χ4v) is 1.40. The zero-order chi connectivity index (χ0) is 11.3. The van der Waals surface area contributed by atoms with Crippen LogP contribution in [0.4, 0.5) is 0 Å². The lowest BCUT2D eigenvalue weighted by atomic mass is 10.2. The van der Waals surface area contributed by atoms with Crippen LogP contribution in [0.25, 0.3) is 0 Å². The number of nitrogens with zero attached hydrogens (tertiary/aromatic N) is 2. The van der Waals surface area contributed by atoms with E-state index >= 15 is 0 Å². The predicted octanol–water partition coefficient (Wildman–Crippen LogP) is 1.01. The van der Waals surface area contributed by atoms with Gasteiger partial charge in [0, 0.05) is 31.4 Å². The molecule has 0 saturated heterocycles. The van der Waals surface area contributed by atoms with Gasteiger partial charge in [-0.15, -0.1) is 0 Å². The highest BCUT2D eigenvalue weighted by Crippen LogP contribution is 2.01. The van der Waals surface area contributed by atoms with E-state index in [1.165, 1.54) is 0 Å². The lowest BCUT2D eigenvalue weighted by Crippen LogP contribution is -2.23. The Morgan fingerprint density at radius 2 is 2.20 bits per heavy atom. The average Bonchev–Trinajstić information content (AvgIpc) is 2.50. The lowest BCUT2D eigenvalue weighted by molar-refractivity contribution is 0.191. The standard InChI is InChI=1S/C11H21N3O/c1-9(2)7-14-8-11(6-13-14)5-12-4-10(3)15/h6,8-10,12,15H,4-5,7H2,1-3H3/t10-/m0/s1. The first-order chi connectivity index (χ1) is 7.08. The SMILES string of the molecule is CC(C)Cn1cc(CNC[C@H](C)O)cn1. The molecule has 0 saturated carbocycles. The summed E-state index contributed by atoms with van der Waals surface area (Å²) in [5.41, 5.74) is 1.16. The summed E-state index contributed by atoms with van der Waals surface area (Å²) in [6.07, 6.45) is 3.63. The molecule has 0 aromatic carbocycles. The van der Waals surface area contributed by atoms with E-state index in [0.29, 0.717) is 12.5 Å². The van der Waals surface area contributed by atoms with Gasteiger partial charge in [0.25, 0.3) is 0 Å². The Morgan fingerprint density at radius 1 is 1.47 bits per heavy atom. The molecule has 0 unspecified atom stereocenters. The summed E-state index contributed by atoms with van der Waals surface area (Å²) in [5.74, 6) is 0.614. The van der Waals surface area contributed by atoms with Gasteiger partial charge in [-0.05, 0) is 12.8 Å². The maximum absolute atomic E-state index is 9.07. The molecule has 1 heterocycles. The normalized spacial score (nSPS) is 13.4. The van der Waals surface area contributed by atoms with E-state index in [4.69, 9.17) is 5.11 Å². The molecule has 4 heteroatoms. The third-order valence-electron chi connectivity index (χ3n) is 2.01. The van der Waals surface area contributed by atoms with E-state index < -0.39 is 0 Å². The molecule has 86 valence electrons. The molecule has 1 rings (SSSR count). The Bertz CT molecular complexity index is 281. The molecule has 0 aliphatic rings. The monoisotopic (exact) mass is 211 g/mol. The molecule has 0 bridgehead atoms. The Morgan fingerprint density at radius 3 is 2.80 bits per heavy atom. The molecular formula is C11H21N3O. The van der Waals surface area contributed by atoms with Crippen LogP contribution in [0.3, 0.4) is 0 Å². The van der Waals surface area contributed by atoms with Gasteiger partial charge in [0.1, 0.15) is 0 Å². The Labute approximate surface area is 91.3 Å². The van der Waals surface area contributed by atoms with Crippen LogP contribution >= 0.6 is 0 Å². The molecule has 0 aliphatic carbocycles. The maximum atomic E-state index is 9.07. The van der Waals surface area contributed by atoms with Crippen LogP contribution in [0, 0.1) is 5.92 Å². The summed E-state index contributed by atoms with van der Waals surface area (Å²) in [6, 6.07) is 0. The first-order valence-electron chi connectivity index (χ1n) is 5.48. The van der Waals surface area contributed by atoms with Crippen molar-refractivity contribution in [1.82, 2.24) is 15.1 Å². The number of aromatic nitrogens is 2. The fourth-order valence-electron chi connectivity index (χ4n) is 1.40. The third-order valence-corrected chi connectivity index (χ3v) is 2.01. The second-order valence-corrected chi connectivity index (χ2v) is 4.44. The molecule has 0 amide bonds. The average molecular weight is 211 g/mol. The van der Waals surface area contributed by atoms with Crippen molar-refractivity contribution in [1.29, 1.82) is 0 Å². The number of rotatable bonds is 6. The predicted molar refractivity (Wildman–Crippen MR) is 60.5 cm³/mol. The van der Waals surface area contributed by atoms with Crippen molar-refractivity contribution in [2.75, 3.05) is 6.54 Å². The highest BCUT2D eigenvalue weighted by molar-refractivity contribution is 5.03. The summed E-state index contributed by atoms with van der Waals surface area (Å²) < 4.78 is 1.96. The summed E-state index contributed by atoms with van der Waals surface area (Å²) in [6.45, 7) is 8.46. The molecule has 1 aromatic heterocycles. The molecule has 0 spiro atoms. The largest absolute Gasteiger partial charge is 0.392 e. The van der Waals surface area contributed by atoms with Crippen LogP contribution < -0.4 is 5.32 Å². The van der Waals surface area contributed by atoms with Crippen LogP contribution in [0.5, 0.6) is 0 Å². The van der Waals surface area contributed by atoms with Gasteiger partial charge >= 0.3 is 0 Å². The Hall–Kier alpha value is -0.870. The van der Waals surface area contributed by atoms with Crippen molar-refractivity contribution in [2.24, 2.45) is 5.92 Å². The van der Waals surface area contributed by atoms with Crippen molar-refractivity contribution in [2.45, 2.75) is 40.0 Å². The lowest BCUT2D eigenvalue weighted by Gasteiger charge is -2.05. The maximum Gasteiger partial charge on any atom is 0.0636 e. The molecule has 0 fully saturated rings. The highest BCUT2D eigenvalue weighted by Gasteiger charge is 2.01. The van der Waals surface area contributed by atoms with Crippen molar-refractivity contribution < 1.29 is 5.11 Å². The van der Waals surface area contributed by atoms with Crippen LogP contribution in [0.2, 0.25) is 0 Å². The molecule has 0 aliphatic heterocycles. The van der Waals surface area contributed by atoms with Gasteiger partial charge in [-0.3, -0.25) is 4.68 Å². The molecule has 0 radical (unpaired) electrons. The van der Waals surface area contributed by atoms with Crippen molar-refractivity contribution in [3.05, 3.63) is 18.0 Å². The van der Waals surface area contributed by atoms with Crippen molar-refractivity contribution in [3.8, 4) is 0 Å². The first kappa shape index (κ1) is 12.2. The zero-order valence-electron chi connectivity index (χ0n) is 9.77. The van der Waals surface area contributed by atoms with Gasteiger partial charge in [-0.1, -0.05) is 13.8 Å². The smallest absolute Gasteiger partial charge is 0.0636 e. The van der Waals surface area contributed by atoms with E-state index in [1.807, 2.05) is 10.9 Å². The minimum atomic E-state index is -0.296. The van der Waals surface area contributed by atoms with Crippen LogP contribution in [0.15, 0.2) is 12.4 Å². The van der Waals surface area contributed by atoms with Crippen LogP contribution in [-0.2, 0) is 13.1 Å². The van der Waals surface area contributed by atoms with E-state index in [9.17, 15) is 0 Å². The molecule has 1 atom stereocenters. The number of aliphatic hydroxyl groups is 1. The van der Waals surface area contributed by atoms with Crippen molar-refractivity contribution in [3.63, 3.8) is 0 Å². The number of hydrogen-bond acceptors (Lipinski definition) is 3. The summed E-state index contributed by atoms with van der Waals surface area (Å²) in [5, 5.41) is 16.5. The zero-order valence-corrected chi connectivity index (χ0v) is 9.77. The fraction of sp³-hybridized carbons (Fsp3) is 0.727. The summed E-state index contributed by atoms with van der Waals surface area (Å²) in [4.78, 5) is 0. The van der Waals surface area contributed by atoms with E-state index in [-0.39, 0.29) is 6.10 Å². The van der Waals surface area contributed by atoms with E-state index in [0.717, 1.165) is 18.7 Å². The number of aliphatic hydroxyl groups excluding tert-OH is 1. The minimum Gasteiger partial charge on any atom is -0.392 e. The van der Waals surface area contributed by atoms with E-state index in [1.54, 1.807) is 6.92 Å². The minimum absolute atomic E-state index is 0.296. The second-order valence-electron chi connectivity index (χ2n) is 4.44. The number of hydrogen-bond donors (Lipinski definition) is 2. The molecular weight excluding hydrogens is 190 g/mol. The van der Waals surface area contributed by atoms with Crippen LogP contribution in [0.1, 0.15) is 26.3 Å². The van der Waals surface area contributed by atoms with Gasteiger partial charge < -0.3 is 10.4 Å². The summed E-state index contributed by atoms with van der Waals surface area (Å²) in [7, 11) is 0. The van der Waals surface area contributed by atoms with Gasteiger partial charge in [0.15, 0.2) is 0 Å². The number of nitrogens with one attached hydrogen (secondary N) is 1.